The zero-order valence-electron chi connectivity index (χ0n) is 8.02. The molecular weight excluding hydrogens is 160 g/mol. The highest BCUT2D eigenvalue weighted by Crippen LogP contribution is 2.33. The lowest BCUT2D eigenvalue weighted by molar-refractivity contribution is 0.120. The van der Waals surface area contributed by atoms with Gasteiger partial charge in [-0.15, -0.1) is 0 Å². The van der Waals surface area contributed by atoms with E-state index in [-0.39, 0.29) is 6.10 Å². The first-order valence-electron chi connectivity index (χ1n) is 5.41. The molecule has 2 rings (SSSR count). The van der Waals surface area contributed by atoms with Crippen LogP contribution >= 0.6 is 0 Å². The third-order valence-corrected chi connectivity index (χ3v) is 3.34. The van der Waals surface area contributed by atoms with Gasteiger partial charge in [0.05, 0.1) is 6.10 Å². The Hall–Kier alpha value is -0.560. The Morgan fingerprint density at radius 3 is 2.31 bits per heavy atom. The third kappa shape index (κ3) is 2.02. The molecule has 1 saturated carbocycles. The number of hydrogen-bond acceptors (Lipinski definition) is 1. The molecule has 0 spiro atoms. The van der Waals surface area contributed by atoms with Crippen LogP contribution in [0.2, 0.25) is 0 Å². The molecule has 1 fully saturated rings. The summed E-state index contributed by atoms with van der Waals surface area (Å²) in [6.45, 7) is 0. The van der Waals surface area contributed by atoms with E-state index in [0.717, 1.165) is 5.92 Å². The van der Waals surface area contributed by atoms with Crippen LogP contribution < -0.4 is 0 Å². The van der Waals surface area contributed by atoms with Gasteiger partial charge in [-0.25, -0.2) is 0 Å². The van der Waals surface area contributed by atoms with Crippen molar-refractivity contribution in [1.29, 1.82) is 0 Å². The van der Waals surface area contributed by atoms with E-state index in [2.05, 4.69) is 12.2 Å². The summed E-state index contributed by atoms with van der Waals surface area (Å²) in [7, 11) is 0. The van der Waals surface area contributed by atoms with Gasteiger partial charge in [0.1, 0.15) is 0 Å². The summed E-state index contributed by atoms with van der Waals surface area (Å²) in [6.07, 6.45) is 14.6. The fourth-order valence-corrected chi connectivity index (χ4v) is 2.57. The van der Waals surface area contributed by atoms with Gasteiger partial charge in [-0.2, -0.15) is 0 Å². The van der Waals surface area contributed by atoms with Crippen LogP contribution in [0.5, 0.6) is 0 Å². The van der Waals surface area contributed by atoms with Crippen molar-refractivity contribution in [3.63, 3.8) is 0 Å². The predicted octanol–water partition coefficient (Wildman–Crippen LogP) is 2.67. The van der Waals surface area contributed by atoms with Crippen molar-refractivity contribution in [3.05, 3.63) is 24.3 Å². The van der Waals surface area contributed by atoms with Crippen LogP contribution in [0, 0.1) is 11.8 Å². The van der Waals surface area contributed by atoms with Crippen molar-refractivity contribution in [3.8, 4) is 0 Å². The molecule has 0 bridgehead atoms. The van der Waals surface area contributed by atoms with Crippen LogP contribution in [0.15, 0.2) is 24.3 Å². The Bertz CT molecular complexity index is 211. The second-order valence-corrected chi connectivity index (χ2v) is 4.24. The molecule has 2 unspecified atom stereocenters. The fraction of sp³-hybridized carbons (Fsp3) is 0.667. The molecule has 0 aliphatic heterocycles. The summed E-state index contributed by atoms with van der Waals surface area (Å²) < 4.78 is 0. The Balaban J connectivity index is 1.98. The van der Waals surface area contributed by atoms with E-state index in [1.165, 1.54) is 32.1 Å². The monoisotopic (exact) mass is 178 g/mol. The van der Waals surface area contributed by atoms with Gasteiger partial charge < -0.3 is 5.11 Å². The molecule has 2 aliphatic carbocycles. The average Bonchev–Trinajstić information content (AvgIpc) is 2.20. The molecular formula is C12H18O. The van der Waals surface area contributed by atoms with E-state index >= 15 is 0 Å². The standard InChI is InChI=1S/C12H18O/c13-12-9-5-4-8-11(12)10-6-2-1-3-7-10/h4-5,8-13H,1-3,6-7H2. The van der Waals surface area contributed by atoms with Crippen molar-refractivity contribution in [2.24, 2.45) is 11.8 Å². The van der Waals surface area contributed by atoms with E-state index in [0.29, 0.717) is 5.92 Å². The Morgan fingerprint density at radius 1 is 0.923 bits per heavy atom. The summed E-state index contributed by atoms with van der Waals surface area (Å²) in [5.74, 6) is 1.12. The summed E-state index contributed by atoms with van der Waals surface area (Å²) in [6, 6.07) is 0. The molecule has 0 aromatic heterocycles. The van der Waals surface area contributed by atoms with Crippen LogP contribution in [-0.4, -0.2) is 11.2 Å². The minimum Gasteiger partial charge on any atom is -0.388 e. The molecule has 0 saturated heterocycles. The third-order valence-electron chi connectivity index (χ3n) is 3.34. The van der Waals surface area contributed by atoms with Gasteiger partial charge in [-0.3, -0.25) is 0 Å². The summed E-state index contributed by atoms with van der Waals surface area (Å²) in [5, 5.41) is 9.78. The van der Waals surface area contributed by atoms with Gasteiger partial charge >= 0.3 is 0 Å². The van der Waals surface area contributed by atoms with Crippen LogP contribution in [0.3, 0.4) is 0 Å². The molecule has 2 atom stereocenters. The van der Waals surface area contributed by atoms with E-state index in [4.69, 9.17) is 0 Å². The highest BCUT2D eigenvalue weighted by Gasteiger charge is 2.26. The molecule has 13 heavy (non-hydrogen) atoms. The van der Waals surface area contributed by atoms with Crippen LogP contribution in [0.1, 0.15) is 32.1 Å². The molecule has 0 heterocycles. The zero-order valence-corrected chi connectivity index (χ0v) is 8.02. The smallest absolute Gasteiger partial charge is 0.0789 e. The quantitative estimate of drug-likeness (QED) is 0.654. The highest BCUT2D eigenvalue weighted by atomic mass is 16.3. The first-order chi connectivity index (χ1) is 6.38. The number of hydrogen-bond donors (Lipinski definition) is 1. The van der Waals surface area contributed by atoms with Gasteiger partial charge in [0.2, 0.25) is 0 Å². The summed E-state index contributed by atoms with van der Waals surface area (Å²) in [5.41, 5.74) is 0. The van der Waals surface area contributed by atoms with E-state index in [1.54, 1.807) is 0 Å². The molecule has 72 valence electrons. The molecule has 1 nitrogen and oxygen atoms in total. The van der Waals surface area contributed by atoms with E-state index < -0.39 is 0 Å². The maximum absolute atomic E-state index is 9.78. The fourth-order valence-electron chi connectivity index (χ4n) is 2.57. The largest absolute Gasteiger partial charge is 0.388 e. The molecule has 2 aliphatic rings. The first-order valence-corrected chi connectivity index (χ1v) is 5.41. The molecule has 0 amide bonds. The molecule has 0 aromatic carbocycles. The number of aliphatic hydroxyl groups is 1. The normalized spacial score (nSPS) is 35.2. The van der Waals surface area contributed by atoms with Crippen LogP contribution in [0.25, 0.3) is 0 Å². The number of rotatable bonds is 1. The second kappa shape index (κ2) is 4.10. The molecule has 1 heteroatoms. The van der Waals surface area contributed by atoms with Gasteiger partial charge in [0.25, 0.3) is 0 Å². The molecule has 0 radical (unpaired) electrons. The number of allylic oxidation sites excluding steroid dienone is 2. The minimum atomic E-state index is -0.229. The van der Waals surface area contributed by atoms with Gasteiger partial charge in [-0.05, 0) is 18.8 Å². The Kier molecular flexibility index (Phi) is 2.84. The van der Waals surface area contributed by atoms with E-state index in [1.807, 2.05) is 12.2 Å². The average molecular weight is 178 g/mol. The van der Waals surface area contributed by atoms with Crippen molar-refractivity contribution < 1.29 is 5.11 Å². The van der Waals surface area contributed by atoms with Crippen molar-refractivity contribution in [2.75, 3.05) is 0 Å². The van der Waals surface area contributed by atoms with Crippen molar-refractivity contribution >= 4 is 0 Å². The van der Waals surface area contributed by atoms with Crippen molar-refractivity contribution in [2.45, 2.75) is 38.2 Å². The minimum absolute atomic E-state index is 0.229. The Labute approximate surface area is 80.2 Å². The van der Waals surface area contributed by atoms with E-state index in [9.17, 15) is 5.11 Å². The zero-order chi connectivity index (χ0) is 9.10. The lowest BCUT2D eigenvalue weighted by Crippen LogP contribution is -2.27. The Morgan fingerprint density at radius 2 is 1.62 bits per heavy atom. The summed E-state index contributed by atoms with van der Waals surface area (Å²) >= 11 is 0. The van der Waals surface area contributed by atoms with Gasteiger partial charge in [0, 0.05) is 5.92 Å². The maximum Gasteiger partial charge on any atom is 0.0789 e. The highest BCUT2D eigenvalue weighted by molar-refractivity contribution is 5.16. The van der Waals surface area contributed by atoms with Crippen molar-refractivity contribution in [1.82, 2.24) is 0 Å². The number of aliphatic hydroxyl groups excluding tert-OH is 1. The lowest BCUT2D eigenvalue weighted by atomic mass is 9.76. The van der Waals surface area contributed by atoms with Gasteiger partial charge in [-0.1, -0.05) is 43.6 Å². The molecule has 0 aromatic rings. The molecule has 1 N–H and O–H groups in total. The summed E-state index contributed by atoms with van der Waals surface area (Å²) in [4.78, 5) is 0. The topological polar surface area (TPSA) is 20.2 Å². The first kappa shape index (κ1) is 9.01. The lowest BCUT2D eigenvalue weighted by Gasteiger charge is -2.31. The predicted molar refractivity (Wildman–Crippen MR) is 54.4 cm³/mol. The second-order valence-electron chi connectivity index (χ2n) is 4.24. The van der Waals surface area contributed by atoms with Gasteiger partial charge in [0.15, 0.2) is 0 Å². The maximum atomic E-state index is 9.78. The van der Waals surface area contributed by atoms with Crippen LogP contribution in [0.4, 0.5) is 0 Å². The van der Waals surface area contributed by atoms with Crippen LogP contribution in [-0.2, 0) is 0 Å². The SMILES string of the molecule is OC1C=CC=CC1C1CCCCC1.